The molecule has 0 spiro atoms. The van der Waals surface area contributed by atoms with Crippen molar-refractivity contribution in [2.24, 2.45) is 0 Å². The highest BCUT2D eigenvalue weighted by Gasteiger charge is 2.15. The second-order valence-corrected chi connectivity index (χ2v) is 5.06. The molecule has 0 aliphatic heterocycles. The first-order chi connectivity index (χ1) is 6.63. The Bertz CT molecular complexity index is 312. The summed E-state index contributed by atoms with van der Waals surface area (Å²) in [5, 5.41) is 11.5. The van der Waals surface area contributed by atoms with Crippen molar-refractivity contribution in [3.8, 4) is 0 Å². The van der Waals surface area contributed by atoms with E-state index in [1.54, 1.807) is 11.3 Å². The minimum absolute atomic E-state index is 0.306. The van der Waals surface area contributed by atoms with Crippen molar-refractivity contribution >= 4 is 29.1 Å². The fourth-order valence-electron chi connectivity index (χ4n) is 1.00. The quantitative estimate of drug-likeness (QED) is 0.846. The molecule has 1 aromatic rings. The lowest BCUT2D eigenvalue weighted by atomic mass is 10.3. The van der Waals surface area contributed by atoms with E-state index in [1.807, 2.05) is 19.2 Å². The Hall–Kier alpha value is -0.550. The van der Waals surface area contributed by atoms with Crippen LogP contribution >= 0.6 is 23.1 Å². The lowest BCUT2D eigenvalue weighted by Gasteiger charge is -2.06. The summed E-state index contributed by atoms with van der Waals surface area (Å²) in [7, 11) is 0. The van der Waals surface area contributed by atoms with Gasteiger partial charge in [0.05, 0.1) is 0 Å². The molecule has 1 aromatic heterocycles. The topological polar surface area (TPSA) is 50.2 Å². The van der Waals surface area contributed by atoms with E-state index in [0.717, 1.165) is 10.7 Å². The van der Waals surface area contributed by atoms with Crippen LogP contribution in [0.1, 0.15) is 24.0 Å². The van der Waals surface area contributed by atoms with Gasteiger partial charge in [0.15, 0.2) is 0 Å². The highest BCUT2D eigenvalue weighted by molar-refractivity contribution is 7.99. The molecule has 0 radical (unpaired) electrons. The molecule has 78 valence electrons. The fourth-order valence-corrected chi connectivity index (χ4v) is 2.82. The van der Waals surface area contributed by atoms with E-state index in [1.165, 1.54) is 11.8 Å². The van der Waals surface area contributed by atoms with Crippen LogP contribution in [-0.4, -0.2) is 21.3 Å². The van der Waals surface area contributed by atoms with E-state index in [4.69, 9.17) is 5.11 Å². The molecule has 0 fully saturated rings. The van der Waals surface area contributed by atoms with Crippen molar-refractivity contribution in [1.29, 1.82) is 0 Å². The Kier molecular flexibility index (Phi) is 4.41. The van der Waals surface area contributed by atoms with Gasteiger partial charge in [-0.3, -0.25) is 4.79 Å². The van der Waals surface area contributed by atoms with Crippen LogP contribution in [0.15, 0.2) is 5.38 Å². The molecule has 0 saturated heterocycles. The van der Waals surface area contributed by atoms with Gasteiger partial charge in [0.1, 0.15) is 10.3 Å². The van der Waals surface area contributed by atoms with Crippen LogP contribution < -0.4 is 0 Å². The number of carbonyl (C=O) groups is 1. The third-order valence-corrected chi connectivity index (χ3v) is 4.25. The van der Waals surface area contributed by atoms with Crippen molar-refractivity contribution in [2.75, 3.05) is 0 Å². The molecule has 0 aromatic carbocycles. The zero-order valence-electron chi connectivity index (χ0n) is 8.19. The van der Waals surface area contributed by atoms with E-state index < -0.39 is 5.97 Å². The Labute approximate surface area is 91.6 Å². The molecule has 1 heterocycles. The molecule has 5 heteroatoms. The fraction of sp³-hybridized carbons (Fsp3) is 0.556. The van der Waals surface area contributed by atoms with Gasteiger partial charge in [0, 0.05) is 16.8 Å². The maximum absolute atomic E-state index is 10.7. The smallest absolute Gasteiger partial charge is 0.316 e. The first-order valence-electron chi connectivity index (χ1n) is 4.39. The number of aromatic nitrogens is 1. The summed E-state index contributed by atoms with van der Waals surface area (Å²) in [6.07, 6.45) is 0.657. The monoisotopic (exact) mass is 231 g/mol. The maximum atomic E-state index is 10.7. The Morgan fingerprint density at radius 2 is 2.50 bits per heavy atom. The molecule has 0 aliphatic rings. The van der Waals surface area contributed by atoms with E-state index in [0.29, 0.717) is 12.2 Å². The highest BCUT2D eigenvalue weighted by Crippen LogP contribution is 2.22. The van der Waals surface area contributed by atoms with Crippen molar-refractivity contribution in [1.82, 2.24) is 4.98 Å². The second-order valence-electron chi connectivity index (χ2n) is 2.93. The van der Waals surface area contributed by atoms with Gasteiger partial charge in [-0.25, -0.2) is 4.98 Å². The number of carboxylic acid groups (broad SMARTS) is 1. The molecule has 0 amide bonds. The second kappa shape index (κ2) is 5.36. The summed E-state index contributed by atoms with van der Waals surface area (Å²) < 4.78 is 0. The van der Waals surface area contributed by atoms with Gasteiger partial charge in [-0.1, -0.05) is 6.92 Å². The lowest BCUT2D eigenvalue weighted by Crippen LogP contribution is -2.14. The van der Waals surface area contributed by atoms with Gasteiger partial charge < -0.3 is 5.11 Å². The molecule has 0 saturated carbocycles. The standard InChI is InChI=1S/C9H13NO2S2/c1-3-7(9(11)12)13-5-8-10-6(2)4-14-8/h4,7H,3,5H2,1-2H3,(H,11,12). The molecule has 0 aliphatic carbocycles. The molecule has 1 N–H and O–H groups in total. The zero-order valence-corrected chi connectivity index (χ0v) is 9.82. The number of thiazole rings is 1. The number of nitrogens with zero attached hydrogens (tertiary/aromatic N) is 1. The number of hydrogen-bond donors (Lipinski definition) is 1. The number of aliphatic carboxylic acids is 1. The van der Waals surface area contributed by atoms with E-state index in [9.17, 15) is 4.79 Å². The molecular weight excluding hydrogens is 218 g/mol. The van der Waals surface area contributed by atoms with Gasteiger partial charge in [0.2, 0.25) is 0 Å². The van der Waals surface area contributed by atoms with Crippen LogP contribution in [0, 0.1) is 6.92 Å². The lowest BCUT2D eigenvalue weighted by molar-refractivity contribution is -0.136. The number of rotatable bonds is 5. The summed E-state index contributed by atoms with van der Waals surface area (Å²) in [5.74, 6) is -0.0330. The largest absolute Gasteiger partial charge is 0.480 e. The van der Waals surface area contributed by atoms with Crippen LogP contribution in [-0.2, 0) is 10.5 Å². The molecular formula is C9H13NO2S2. The Balaban J connectivity index is 2.43. The van der Waals surface area contributed by atoms with Gasteiger partial charge in [-0.05, 0) is 13.3 Å². The van der Waals surface area contributed by atoms with E-state index in [2.05, 4.69) is 4.98 Å². The summed E-state index contributed by atoms with van der Waals surface area (Å²) in [6.45, 7) is 3.83. The van der Waals surface area contributed by atoms with E-state index >= 15 is 0 Å². The van der Waals surface area contributed by atoms with Gasteiger partial charge >= 0.3 is 5.97 Å². The number of hydrogen-bond acceptors (Lipinski definition) is 4. The predicted octanol–water partition coefficient (Wildman–Crippen LogP) is 2.55. The van der Waals surface area contributed by atoms with Crippen molar-refractivity contribution in [3.63, 3.8) is 0 Å². The average molecular weight is 231 g/mol. The summed E-state index contributed by atoms with van der Waals surface area (Å²) in [6, 6.07) is 0. The SMILES string of the molecule is CCC(SCc1nc(C)cs1)C(=O)O. The first-order valence-corrected chi connectivity index (χ1v) is 6.31. The predicted molar refractivity (Wildman–Crippen MR) is 59.9 cm³/mol. The summed E-state index contributed by atoms with van der Waals surface area (Å²) in [5.41, 5.74) is 1.01. The van der Waals surface area contributed by atoms with Gasteiger partial charge in [0.25, 0.3) is 0 Å². The van der Waals surface area contributed by atoms with Gasteiger partial charge in [-0.2, -0.15) is 0 Å². The minimum atomic E-state index is -0.731. The van der Waals surface area contributed by atoms with Crippen LogP contribution in [0.4, 0.5) is 0 Å². The molecule has 0 bridgehead atoms. The summed E-state index contributed by atoms with van der Waals surface area (Å²) >= 11 is 3.03. The van der Waals surface area contributed by atoms with Crippen LogP contribution in [0.2, 0.25) is 0 Å². The third kappa shape index (κ3) is 3.31. The van der Waals surface area contributed by atoms with Crippen molar-refractivity contribution in [3.05, 3.63) is 16.1 Å². The third-order valence-electron chi connectivity index (χ3n) is 1.72. The van der Waals surface area contributed by atoms with Gasteiger partial charge in [-0.15, -0.1) is 23.1 Å². The van der Waals surface area contributed by atoms with Crippen molar-refractivity contribution < 1.29 is 9.90 Å². The normalized spacial score (nSPS) is 12.7. The number of carboxylic acids is 1. The highest BCUT2D eigenvalue weighted by atomic mass is 32.2. The zero-order chi connectivity index (χ0) is 10.6. The maximum Gasteiger partial charge on any atom is 0.316 e. The van der Waals surface area contributed by atoms with Crippen LogP contribution in [0.5, 0.6) is 0 Å². The Morgan fingerprint density at radius 3 is 2.93 bits per heavy atom. The first kappa shape index (κ1) is 11.5. The number of aryl methyl sites for hydroxylation is 1. The van der Waals surface area contributed by atoms with Crippen molar-refractivity contribution in [2.45, 2.75) is 31.3 Å². The molecule has 1 unspecified atom stereocenters. The Morgan fingerprint density at radius 1 is 1.79 bits per heavy atom. The summed E-state index contributed by atoms with van der Waals surface area (Å²) in [4.78, 5) is 15.0. The minimum Gasteiger partial charge on any atom is -0.480 e. The number of thioether (sulfide) groups is 1. The molecule has 1 rings (SSSR count). The van der Waals surface area contributed by atoms with Crippen LogP contribution in [0.25, 0.3) is 0 Å². The van der Waals surface area contributed by atoms with Crippen LogP contribution in [0.3, 0.4) is 0 Å². The van der Waals surface area contributed by atoms with E-state index in [-0.39, 0.29) is 5.25 Å². The molecule has 3 nitrogen and oxygen atoms in total. The average Bonchev–Trinajstić information content (AvgIpc) is 2.52. The molecule has 14 heavy (non-hydrogen) atoms. The molecule has 1 atom stereocenters.